The number of hydrogen-bond donors (Lipinski definition) is 3. The molecular weight excluding hydrogens is 361 g/mol. The van der Waals surface area contributed by atoms with Gasteiger partial charge in [-0.15, -0.1) is 13.2 Å². The topological polar surface area (TPSA) is 88.7 Å². The van der Waals surface area contributed by atoms with Crippen molar-refractivity contribution in [1.29, 1.82) is 0 Å². The standard InChI is InChI=1S/C18H19F3N4O2/c19-18(20,21)27-15-8-6-14(7-9-15)25-17(22)24-12-16(26)23-11-10-13-4-2-1-3-5-13/h1-9H,10-12H2,(H,23,26)(H3,22,24,25). The van der Waals surface area contributed by atoms with Crippen molar-refractivity contribution in [2.45, 2.75) is 12.8 Å². The minimum atomic E-state index is -4.75. The Balaban J connectivity index is 1.74. The van der Waals surface area contributed by atoms with Crippen LogP contribution in [-0.2, 0) is 11.2 Å². The normalized spacial score (nSPS) is 11.7. The number of benzene rings is 2. The third-order valence-corrected chi connectivity index (χ3v) is 3.33. The average molecular weight is 380 g/mol. The van der Waals surface area contributed by atoms with Gasteiger partial charge in [-0.05, 0) is 36.2 Å². The quantitative estimate of drug-likeness (QED) is 0.509. The van der Waals surface area contributed by atoms with Crippen LogP contribution in [0.4, 0.5) is 18.9 Å². The molecule has 0 aliphatic rings. The lowest BCUT2D eigenvalue weighted by atomic mass is 10.1. The van der Waals surface area contributed by atoms with E-state index in [2.05, 4.69) is 20.4 Å². The van der Waals surface area contributed by atoms with E-state index in [1.807, 2.05) is 30.3 Å². The third-order valence-electron chi connectivity index (χ3n) is 3.33. The summed E-state index contributed by atoms with van der Waals surface area (Å²) in [5, 5.41) is 5.41. The number of halogens is 3. The van der Waals surface area contributed by atoms with Gasteiger partial charge >= 0.3 is 6.36 Å². The lowest BCUT2D eigenvalue weighted by molar-refractivity contribution is -0.274. The van der Waals surface area contributed by atoms with E-state index >= 15 is 0 Å². The summed E-state index contributed by atoms with van der Waals surface area (Å²) in [5.74, 6) is -0.663. The van der Waals surface area contributed by atoms with E-state index in [4.69, 9.17) is 5.73 Å². The lowest BCUT2D eigenvalue weighted by Gasteiger charge is -2.10. The maximum Gasteiger partial charge on any atom is 0.573 e. The molecule has 0 saturated carbocycles. The summed E-state index contributed by atoms with van der Waals surface area (Å²) in [6.45, 7) is 0.315. The third kappa shape index (κ3) is 8.13. The smallest absolute Gasteiger partial charge is 0.406 e. The van der Waals surface area contributed by atoms with E-state index in [-0.39, 0.29) is 24.2 Å². The van der Waals surface area contributed by atoms with Crippen molar-refractivity contribution >= 4 is 17.6 Å². The molecule has 0 unspecified atom stereocenters. The van der Waals surface area contributed by atoms with Crippen molar-refractivity contribution in [1.82, 2.24) is 5.32 Å². The summed E-state index contributed by atoms with van der Waals surface area (Å²) >= 11 is 0. The van der Waals surface area contributed by atoms with Gasteiger partial charge in [0.25, 0.3) is 0 Å². The largest absolute Gasteiger partial charge is 0.573 e. The summed E-state index contributed by atoms with van der Waals surface area (Å²) in [5.41, 5.74) is 7.18. The van der Waals surface area contributed by atoms with E-state index in [9.17, 15) is 18.0 Å². The molecule has 0 bridgehead atoms. The van der Waals surface area contributed by atoms with Gasteiger partial charge < -0.3 is 21.1 Å². The van der Waals surface area contributed by atoms with Crippen LogP contribution in [0.1, 0.15) is 5.56 Å². The van der Waals surface area contributed by atoms with Gasteiger partial charge in [0, 0.05) is 12.2 Å². The molecule has 0 aliphatic heterocycles. The van der Waals surface area contributed by atoms with Gasteiger partial charge in [0.05, 0.1) is 0 Å². The van der Waals surface area contributed by atoms with E-state index in [1.54, 1.807) is 0 Å². The molecule has 0 radical (unpaired) electrons. The van der Waals surface area contributed by atoms with Crippen molar-refractivity contribution in [2.24, 2.45) is 10.7 Å². The van der Waals surface area contributed by atoms with Gasteiger partial charge in [-0.3, -0.25) is 4.79 Å². The molecule has 0 aromatic heterocycles. The summed E-state index contributed by atoms with van der Waals surface area (Å²) in [7, 11) is 0. The van der Waals surface area contributed by atoms with Gasteiger partial charge in [-0.1, -0.05) is 30.3 Å². The fraction of sp³-hybridized carbons (Fsp3) is 0.222. The number of nitrogens with two attached hydrogens (primary N) is 1. The van der Waals surface area contributed by atoms with Crippen LogP contribution < -0.4 is 21.1 Å². The van der Waals surface area contributed by atoms with Gasteiger partial charge in [0.1, 0.15) is 12.3 Å². The summed E-state index contributed by atoms with van der Waals surface area (Å²) < 4.78 is 40.1. The maximum absolute atomic E-state index is 12.1. The molecule has 1 amide bonds. The highest BCUT2D eigenvalue weighted by Crippen LogP contribution is 2.23. The van der Waals surface area contributed by atoms with Gasteiger partial charge in [0.15, 0.2) is 5.96 Å². The Hall–Kier alpha value is -3.23. The zero-order valence-corrected chi connectivity index (χ0v) is 14.3. The number of aliphatic imine (C=N–C) groups is 1. The number of guanidine groups is 1. The molecule has 0 atom stereocenters. The number of ether oxygens (including phenoxy) is 1. The van der Waals surface area contributed by atoms with Crippen molar-refractivity contribution in [3.63, 3.8) is 0 Å². The molecule has 0 aliphatic carbocycles. The second kappa shape index (κ2) is 9.46. The number of rotatable bonds is 7. The number of nitrogens with zero attached hydrogens (tertiary/aromatic N) is 1. The molecule has 0 fully saturated rings. The van der Waals surface area contributed by atoms with Crippen LogP contribution >= 0.6 is 0 Å². The number of anilines is 1. The van der Waals surface area contributed by atoms with Gasteiger partial charge in [-0.25, -0.2) is 4.99 Å². The summed E-state index contributed by atoms with van der Waals surface area (Å²) in [6, 6.07) is 14.7. The van der Waals surface area contributed by atoms with Crippen molar-refractivity contribution < 1.29 is 22.7 Å². The zero-order valence-electron chi connectivity index (χ0n) is 14.3. The monoisotopic (exact) mass is 380 g/mol. The highest BCUT2D eigenvalue weighted by Gasteiger charge is 2.30. The van der Waals surface area contributed by atoms with E-state index in [0.717, 1.165) is 17.7 Å². The van der Waals surface area contributed by atoms with Gasteiger partial charge in [-0.2, -0.15) is 0 Å². The van der Waals surface area contributed by atoms with E-state index in [0.29, 0.717) is 18.7 Å². The van der Waals surface area contributed by atoms with Crippen LogP contribution in [0.5, 0.6) is 5.75 Å². The Morgan fingerprint density at radius 3 is 2.37 bits per heavy atom. The molecule has 4 N–H and O–H groups in total. The molecule has 27 heavy (non-hydrogen) atoms. The van der Waals surface area contributed by atoms with Crippen molar-refractivity contribution in [3.8, 4) is 5.75 Å². The van der Waals surface area contributed by atoms with Crippen LogP contribution in [0.15, 0.2) is 59.6 Å². The Bertz CT molecular complexity index is 762. The first-order valence-electron chi connectivity index (χ1n) is 8.05. The lowest BCUT2D eigenvalue weighted by Crippen LogP contribution is -2.30. The van der Waals surface area contributed by atoms with Crippen LogP contribution in [0, 0.1) is 0 Å². The van der Waals surface area contributed by atoms with Crippen LogP contribution in [0.2, 0.25) is 0 Å². The Kier molecular flexibility index (Phi) is 7.04. The Morgan fingerprint density at radius 2 is 1.74 bits per heavy atom. The molecule has 0 spiro atoms. The molecule has 2 aromatic carbocycles. The molecule has 0 saturated heterocycles. The van der Waals surface area contributed by atoms with Crippen molar-refractivity contribution in [2.75, 3.05) is 18.4 Å². The van der Waals surface area contributed by atoms with Crippen molar-refractivity contribution in [3.05, 3.63) is 60.2 Å². The molecule has 2 rings (SSSR count). The summed E-state index contributed by atoms with van der Waals surface area (Å²) in [4.78, 5) is 15.6. The number of alkyl halides is 3. The highest BCUT2D eigenvalue weighted by atomic mass is 19.4. The predicted octanol–water partition coefficient (Wildman–Crippen LogP) is 2.67. The number of nitrogens with one attached hydrogen (secondary N) is 2. The summed E-state index contributed by atoms with van der Waals surface area (Å²) in [6.07, 6.45) is -4.04. The second-order valence-corrected chi connectivity index (χ2v) is 5.48. The van der Waals surface area contributed by atoms with Crippen LogP contribution in [-0.4, -0.2) is 31.3 Å². The predicted molar refractivity (Wildman–Crippen MR) is 96.4 cm³/mol. The number of hydrogen-bond acceptors (Lipinski definition) is 3. The number of carbonyl (C=O) groups is 1. The fourth-order valence-corrected chi connectivity index (χ4v) is 2.13. The molecule has 9 heteroatoms. The SMILES string of the molecule is NC(=NCC(=O)NCCc1ccccc1)Nc1ccc(OC(F)(F)F)cc1. The zero-order chi connectivity index (χ0) is 19.7. The van der Waals surface area contributed by atoms with Gasteiger partial charge in [0.2, 0.25) is 5.91 Å². The Morgan fingerprint density at radius 1 is 1.07 bits per heavy atom. The number of amides is 1. The number of carbonyl (C=O) groups excluding carboxylic acids is 1. The molecule has 0 heterocycles. The maximum atomic E-state index is 12.1. The minimum absolute atomic E-state index is 0.0299. The van der Waals surface area contributed by atoms with Crippen LogP contribution in [0.3, 0.4) is 0 Å². The molecular formula is C18H19F3N4O2. The molecule has 6 nitrogen and oxygen atoms in total. The van der Waals surface area contributed by atoms with Crippen LogP contribution in [0.25, 0.3) is 0 Å². The Labute approximate surface area is 154 Å². The molecule has 144 valence electrons. The average Bonchev–Trinajstić information content (AvgIpc) is 2.61. The van der Waals surface area contributed by atoms with E-state index in [1.165, 1.54) is 12.1 Å². The van der Waals surface area contributed by atoms with E-state index < -0.39 is 6.36 Å². The highest BCUT2D eigenvalue weighted by molar-refractivity contribution is 5.93. The fourth-order valence-electron chi connectivity index (χ4n) is 2.13. The minimum Gasteiger partial charge on any atom is -0.406 e. The first-order chi connectivity index (χ1) is 12.8. The first-order valence-corrected chi connectivity index (χ1v) is 8.05. The first kappa shape index (κ1) is 20.1. The molecule has 2 aromatic rings. The second-order valence-electron chi connectivity index (χ2n) is 5.48.